The zero-order valence-electron chi connectivity index (χ0n) is 12.7. The summed E-state index contributed by atoms with van der Waals surface area (Å²) in [6, 6.07) is 5.68. The number of hydrogen-bond acceptors (Lipinski definition) is 3. The van der Waals surface area contributed by atoms with Crippen LogP contribution in [0.15, 0.2) is 30.7 Å². The average Bonchev–Trinajstić information content (AvgIpc) is 2.89. The molecule has 0 radical (unpaired) electrons. The van der Waals surface area contributed by atoms with Crippen LogP contribution in [0.4, 0.5) is 0 Å². The Morgan fingerprint density at radius 2 is 2.14 bits per heavy atom. The Balaban J connectivity index is 2.36. The van der Waals surface area contributed by atoms with Gasteiger partial charge in [0.05, 0.1) is 20.0 Å². The predicted octanol–water partition coefficient (Wildman–Crippen LogP) is 3.29. The van der Waals surface area contributed by atoms with Crippen LogP contribution in [0.3, 0.4) is 0 Å². The lowest BCUT2D eigenvalue weighted by Gasteiger charge is -2.21. The monoisotopic (exact) mass is 307 g/mol. The van der Waals surface area contributed by atoms with Gasteiger partial charge in [0.1, 0.15) is 5.75 Å². The van der Waals surface area contributed by atoms with Crippen LogP contribution in [0.1, 0.15) is 31.0 Å². The summed E-state index contributed by atoms with van der Waals surface area (Å²) in [6.45, 7) is 5.57. The van der Waals surface area contributed by atoms with Crippen molar-refractivity contribution >= 4 is 11.6 Å². The number of nitrogens with two attached hydrogens (primary N) is 1. The summed E-state index contributed by atoms with van der Waals surface area (Å²) in [7, 11) is 1.65. The second-order valence-electron chi connectivity index (χ2n) is 5.45. The highest BCUT2D eigenvalue weighted by Gasteiger charge is 2.19. The van der Waals surface area contributed by atoms with Gasteiger partial charge in [-0.1, -0.05) is 31.5 Å². The second kappa shape index (κ2) is 6.96. The molecule has 2 N–H and O–H groups in total. The molecule has 21 heavy (non-hydrogen) atoms. The second-order valence-corrected chi connectivity index (χ2v) is 5.86. The first-order valence-corrected chi connectivity index (χ1v) is 7.47. The number of methoxy groups -OCH3 is 1. The zero-order chi connectivity index (χ0) is 15.4. The lowest BCUT2D eigenvalue weighted by Crippen LogP contribution is -2.21. The molecule has 1 atom stereocenters. The number of ether oxygens (including phenoxy) is 1. The summed E-state index contributed by atoms with van der Waals surface area (Å²) in [5.41, 5.74) is 8.01. The normalized spacial score (nSPS) is 12.7. The molecule has 0 aliphatic carbocycles. The summed E-state index contributed by atoms with van der Waals surface area (Å²) in [6.07, 6.45) is 3.71. The van der Waals surface area contributed by atoms with Gasteiger partial charge in [-0.05, 0) is 18.1 Å². The van der Waals surface area contributed by atoms with Crippen LogP contribution in [-0.4, -0.2) is 23.2 Å². The fourth-order valence-corrected chi connectivity index (χ4v) is 2.79. The van der Waals surface area contributed by atoms with E-state index in [1.165, 1.54) is 0 Å². The van der Waals surface area contributed by atoms with Crippen LogP contribution < -0.4 is 10.5 Å². The van der Waals surface area contributed by atoms with Gasteiger partial charge in [-0.2, -0.15) is 0 Å². The standard InChI is InChI=1S/C16H22ClN3O/c1-11(2)12(7-18)15-8-19-10-20(15)9-13-14(17)5-4-6-16(13)21-3/h4-6,8,10-12H,7,9,18H2,1-3H3. The fourth-order valence-electron chi connectivity index (χ4n) is 2.56. The Hall–Kier alpha value is -1.52. The zero-order valence-corrected chi connectivity index (χ0v) is 13.5. The third-order valence-corrected chi connectivity index (χ3v) is 4.16. The molecule has 0 spiro atoms. The molecule has 0 bridgehead atoms. The van der Waals surface area contributed by atoms with Gasteiger partial charge >= 0.3 is 0 Å². The minimum Gasteiger partial charge on any atom is -0.496 e. The van der Waals surface area contributed by atoms with Crippen molar-refractivity contribution in [2.24, 2.45) is 11.7 Å². The molecule has 0 amide bonds. The highest BCUT2D eigenvalue weighted by atomic mass is 35.5. The largest absolute Gasteiger partial charge is 0.496 e. The molecule has 0 saturated carbocycles. The van der Waals surface area contributed by atoms with Crippen molar-refractivity contribution in [2.75, 3.05) is 13.7 Å². The third kappa shape index (κ3) is 3.39. The minimum absolute atomic E-state index is 0.279. The van der Waals surface area contributed by atoms with Gasteiger partial charge in [0, 0.05) is 34.9 Å². The minimum atomic E-state index is 0.279. The van der Waals surface area contributed by atoms with E-state index in [9.17, 15) is 0 Å². The van der Waals surface area contributed by atoms with E-state index in [1.807, 2.05) is 30.7 Å². The number of hydrogen-bond donors (Lipinski definition) is 1. The highest BCUT2D eigenvalue weighted by Crippen LogP contribution is 2.29. The Labute approximate surface area is 130 Å². The molecular weight excluding hydrogens is 286 g/mol. The molecule has 0 aliphatic rings. The maximum absolute atomic E-state index is 6.31. The van der Waals surface area contributed by atoms with Crippen LogP contribution in [-0.2, 0) is 6.54 Å². The van der Waals surface area contributed by atoms with Crippen LogP contribution in [0, 0.1) is 5.92 Å². The molecule has 2 aromatic rings. The third-order valence-electron chi connectivity index (χ3n) is 3.81. The van der Waals surface area contributed by atoms with Gasteiger partial charge in [-0.25, -0.2) is 4.98 Å². The molecule has 114 valence electrons. The quantitative estimate of drug-likeness (QED) is 0.891. The van der Waals surface area contributed by atoms with Crippen molar-refractivity contribution in [3.05, 3.63) is 47.0 Å². The van der Waals surface area contributed by atoms with Crippen molar-refractivity contribution in [2.45, 2.75) is 26.3 Å². The summed E-state index contributed by atoms with van der Waals surface area (Å²) >= 11 is 6.31. The van der Waals surface area contributed by atoms with E-state index in [-0.39, 0.29) is 5.92 Å². The van der Waals surface area contributed by atoms with Crippen molar-refractivity contribution in [3.63, 3.8) is 0 Å². The van der Waals surface area contributed by atoms with Gasteiger partial charge < -0.3 is 15.0 Å². The number of aromatic nitrogens is 2. The topological polar surface area (TPSA) is 53.1 Å². The van der Waals surface area contributed by atoms with Gasteiger partial charge in [-0.3, -0.25) is 0 Å². The number of halogens is 1. The Morgan fingerprint density at radius 1 is 1.38 bits per heavy atom. The van der Waals surface area contributed by atoms with Crippen LogP contribution in [0.25, 0.3) is 0 Å². The van der Waals surface area contributed by atoms with Crippen LogP contribution >= 0.6 is 11.6 Å². The average molecular weight is 308 g/mol. The maximum atomic E-state index is 6.31. The maximum Gasteiger partial charge on any atom is 0.125 e. The molecule has 1 aromatic heterocycles. The summed E-state index contributed by atoms with van der Waals surface area (Å²) in [5.74, 6) is 1.52. The molecule has 1 unspecified atom stereocenters. The van der Waals surface area contributed by atoms with Crippen LogP contribution in [0.5, 0.6) is 5.75 Å². The van der Waals surface area contributed by atoms with E-state index in [1.54, 1.807) is 7.11 Å². The van der Waals surface area contributed by atoms with Crippen molar-refractivity contribution in [1.29, 1.82) is 0 Å². The highest BCUT2D eigenvalue weighted by molar-refractivity contribution is 6.31. The van der Waals surface area contributed by atoms with Gasteiger partial charge in [0.25, 0.3) is 0 Å². The fraction of sp³-hybridized carbons (Fsp3) is 0.438. The molecule has 1 heterocycles. The van der Waals surface area contributed by atoms with Crippen molar-refractivity contribution in [3.8, 4) is 5.75 Å². The smallest absolute Gasteiger partial charge is 0.125 e. The first-order chi connectivity index (χ1) is 10.1. The first-order valence-electron chi connectivity index (χ1n) is 7.10. The van der Waals surface area contributed by atoms with E-state index in [4.69, 9.17) is 22.1 Å². The van der Waals surface area contributed by atoms with E-state index >= 15 is 0 Å². The van der Waals surface area contributed by atoms with E-state index in [0.29, 0.717) is 24.0 Å². The predicted molar refractivity (Wildman–Crippen MR) is 86.0 cm³/mol. The summed E-state index contributed by atoms with van der Waals surface area (Å²) in [4.78, 5) is 4.28. The van der Waals surface area contributed by atoms with E-state index in [2.05, 4.69) is 23.4 Å². The Kier molecular flexibility index (Phi) is 5.26. The van der Waals surface area contributed by atoms with E-state index < -0.39 is 0 Å². The van der Waals surface area contributed by atoms with Gasteiger partial charge in [0.2, 0.25) is 0 Å². The molecule has 0 aliphatic heterocycles. The molecular formula is C16H22ClN3O. The lowest BCUT2D eigenvalue weighted by atomic mass is 9.93. The Morgan fingerprint density at radius 3 is 2.76 bits per heavy atom. The first kappa shape index (κ1) is 15.9. The van der Waals surface area contributed by atoms with Crippen molar-refractivity contribution in [1.82, 2.24) is 9.55 Å². The lowest BCUT2D eigenvalue weighted by molar-refractivity contribution is 0.407. The molecule has 0 fully saturated rings. The summed E-state index contributed by atoms with van der Waals surface area (Å²) < 4.78 is 7.50. The van der Waals surface area contributed by atoms with Crippen LogP contribution in [0.2, 0.25) is 5.02 Å². The van der Waals surface area contributed by atoms with Crippen molar-refractivity contribution < 1.29 is 4.74 Å². The molecule has 0 saturated heterocycles. The van der Waals surface area contributed by atoms with Gasteiger partial charge in [0.15, 0.2) is 0 Å². The summed E-state index contributed by atoms with van der Waals surface area (Å²) in [5, 5.41) is 0.697. The molecule has 5 heteroatoms. The molecule has 1 aromatic carbocycles. The SMILES string of the molecule is COc1cccc(Cl)c1Cn1cncc1C(CN)C(C)C. The Bertz CT molecular complexity index is 595. The number of rotatable bonds is 6. The number of nitrogens with zero attached hydrogens (tertiary/aromatic N) is 2. The number of imidazole rings is 1. The molecule has 2 rings (SSSR count). The van der Waals surface area contributed by atoms with E-state index in [0.717, 1.165) is 17.0 Å². The van der Waals surface area contributed by atoms with Gasteiger partial charge in [-0.15, -0.1) is 0 Å². The number of benzene rings is 1. The molecule has 4 nitrogen and oxygen atoms in total.